The average molecular weight is 410 g/mol. The van der Waals surface area contributed by atoms with E-state index >= 15 is 0 Å². The smallest absolute Gasteiger partial charge is 0.261 e. The molecule has 24 heavy (non-hydrogen) atoms. The number of halogens is 3. The molecule has 0 aliphatic carbocycles. The zero-order valence-electron chi connectivity index (χ0n) is 12.3. The maximum absolute atomic E-state index is 12.4. The van der Waals surface area contributed by atoms with Crippen molar-refractivity contribution in [2.45, 2.75) is 11.0 Å². The molecule has 1 atom stereocenters. The summed E-state index contributed by atoms with van der Waals surface area (Å²) in [4.78, 5) is 0.0945. The predicted molar refractivity (Wildman–Crippen MR) is 98.9 cm³/mol. The topological polar surface area (TPSA) is 78.4 Å². The maximum atomic E-state index is 12.4. The van der Waals surface area contributed by atoms with E-state index in [-0.39, 0.29) is 22.3 Å². The van der Waals surface area contributed by atoms with Crippen LogP contribution in [-0.4, -0.2) is 32.1 Å². The van der Waals surface area contributed by atoms with Crippen molar-refractivity contribution < 1.29 is 13.5 Å². The molecule has 0 aliphatic rings. The number of aliphatic hydroxyl groups excluding tert-OH is 1. The number of hydrogen-bond acceptors (Lipinski definition) is 4. The SMILES string of the molecule is O=S(=O)(Nc1ccc(Cl)c(Cl)c1)c1ccc(NCC(O)CCl)cc1. The van der Waals surface area contributed by atoms with Gasteiger partial charge >= 0.3 is 0 Å². The van der Waals surface area contributed by atoms with E-state index in [9.17, 15) is 13.5 Å². The first kappa shape index (κ1) is 19.1. The van der Waals surface area contributed by atoms with Crippen LogP contribution in [0.4, 0.5) is 11.4 Å². The molecule has 0 saturated heterocycles. The van der Waals surface area contributed by atoms with Gasteiger partial charge in [-0.1, -0.05) is 23.2 Å². The summed E-state index contributed by atoms with van der Waals surface area (Å²) in [5.41, 5.74) is 0.990. The minimum Gasteiger partial charge on any atom is -0.390 e. The Morgan fingerprint density at radius 3 is 2.21 bits per heavy atom. The number of benzene rings is 2. The van der Waals surface area contributed by atoms with E-state index in [4.69, 9.17) is 34.8 Å². The van der Waals surface area contributed by atoms with Crippen molar-refractivity contribution in [1.29, 1.82) is 0 Å². The lowest BCUT2D eigenvalue weighted by Crippen LogP contribution is -2.20. The predicted octanol–water partition coefficient (Wildman–Crippen LogP) is 3.81. The van der Waals surface area contributed by atoms with Gasteiger partial charge in [-0.3, -0.25) is 4.72 Å². The molecule has 0 bridgehead atoms. The minimum absolute atomic E-state index is 0.0945. The van der Waals surface area contributed by atoms with Gasteiger partial charge in [0, 0.05) is 12.2 Å². The zero-order valence-corrected chi connectivity index (χ0v) is 15.4. The van der Waals surface area contributed by atoms with E-state index in [0.717, 1.165) is 0 Å². The Balaban J connectivity index is 2.10. The quantitative estimate of drug-likeness (QED) is 0.608. The molecule has 3 N–H and O–H groups in total. The highest BCUT2D eigenvalue weighted by atomic mass is 35.5. The summed E-state index contributed by atoms with van der Waals surface area (Å²) in [6.07, 6.45) is -0.675. The lowest BCUT2D eigenvalue weighted by atomic mass is 10.3. The first-order valence-corrected chi connectivity index (χ1v) is 9.65. The van der Waals surface area contributed by atoms with Crippen LogP contribution in [0.15, 0.2) is 47.4 Å². The molecule has 1 unspecified atom stereocenters. The summed E-state index contributed by atoms with van der Waals surface area (Å²) in [5, 5.41) is 12.9. The summed E-state index contributed by atoms with van der Waals surface area (Å²) < 4.78 is 27.1. The summed E-state index contributed by atoms with van der Waals surface area (Å²) in [7, 11) is -3.75. The van der Waals surface area contributed by atoms with Crippen molar-refractivity contribution in [3.05, 3.63) is 52.5 Å². The van der Waals surface area contributed by atoms with E-state index in [2.05, 4.69) is 10.0 Å². The van der Waals surface area contributed by atoms with E-state index in [1.54, 1.807) is 12.1 Å². The van der Waals surface area contributed by atoms with Crippen LogP contribution >= 0.6 is 34.8 Å². The molecule has 130 valence electrons. The number of alkyl halides is 1. The Labute approximate surface area is 155 Å². The highest BCUT2D eigenvalue weighted by Crippen LogP contribution is 2.26. The van der Waals surface area contributed by atoms with Gasteiger partial charge in [-0.25, -0.2) is 8.42 Å². The van der Waals surface area contributed by atoms with Gasteiger partial charge in [-0.15, -0.1) is 11.6 Å². The number of hydrogen-bond donors (Lipinski definition) is 3. The molecule has 0 spiro atoms. The maximum Gasteiger partial charge on any atom is 0.261 e. The second kappa shape index (κ2) is 8.27. The van der Waals surface area contributed by atoms with Crippen molar-refractivity contribution in [2.24, 2.45) is 0 Å². The molecule has 0 amide bonds. The molecule has 2 aromatic carbocycles. The van der Waals surface area contributed by atoms with E-state index < -0.39 is 16.1 Å². The monoisotopic (exact) mass is 408 g/mol. The van der Waals surface area contributed by atoms with Crippen LogP contribution in [0.5, 0.6) is 0 Å². The molecule has 2 rings (SSSR count). The van der Waals surface area contributed by atoms with E-state index in [1.807, 2.05) is 0 Å². The molecule has 0 aliphatic heterocycles. The van der Waals surface area contributed by atoms with Gasteiger partial charge in [-0.2, -0.15) is 0 Å². The van der Waals surface area contributed by atoms with Crippen molar-refractivity contribution in [1.82, 2.24) is 0 Å². The third-order valence-corrected chi connectivity index (χ3v) is 5.55. The lowest BCUT2D eigenvalue weighted by molar-refractivity contribution is 0.211. The number of sulfonamides is 1. The Bertz CT molecular complexity index is 798. The minimum atomic E-state index is -3.75. The molecule has 5 nitrogen and oxygen atoms in total. The Hall–Kier alpha value is -1.18. The van der Waals surface area contributed by atoms with Crippen LogP contribution in [0.2, 0.25) is 10.0 Å². The summed E-state index contributed by atoms with van der Waals surface area (Å²) >= 11 is 17.2. The summed E-state index contributed by atoms with van der Waals surface area (Å²) in [5.74, 6) is 0.118. The zero-order chi connectivity index (χ0) is 17.7. The fourth-order valence-electron chi connectivity index (χ4n) is 1.82. The van der Waals surface area contributed by atoms with Gasteiger partial charge in [0.05, 0.1) is 32.6 Å². The second-order valence-corrected chi connectivity index (χ2v) is 7.75. The van der Waals surface area contributed by atoms with Gasteiger partial charge < -0.3 is 10.4 Å². The van der Waals surface area contributed by atoms with Gasteiger partial charge in [0.25, 0.3) is 10.0 Å². The molecular weight excluding hydrogens is 395 g/mol. The van der Waals surface area contributed by atoms with Crippen molar-refractivity contribution in [3.8, 4) is 0 Å². The third-order valence-electron chi connectivity index (χ3n) is 3.06. The molecule has 2 aromatic rings. The Kier molecular flexibility index (Phi) is 6.60. The van der Waals surface area contributed by atoms with Crippen molar-refractivity contribution >= 4 is 56.2 Å². The largest absolute Gasteiger partial charge is 0.390 e. The molecule has 9 heteroatoms. The van der Waals surface area contributed by atoms with E-state index in [1.165, 1.54) is 30.3 Å². The highest BCUT2D eigenvalue weighted by Gasteiger charge is 2.15. The molecule has 0 fully saturated rings. The van der Waals surface area contributed by atoms with Crippen LogP contribution in [0.1, 0.15) is 0 Å². The Morgan fingerprint density at radius 1 is 1.00 bits per heavy atom. The molecule has 0 radical (unpaired) electrons. The lowest BCUT2D eigenvalue weighted by Gasteiger charge is -2.12. The van der Waals surface area contributed by atoms with Gasteiger partial charge in [-0.05, 0) is 42.5 Å². The van der Waals surface area contributed by atoms with Crippen LogP contribution in [0, 0.1) is 0 Å². The standard InChI is InChI=1S/C15H15Cl3N2O3S/c16-8-12(21)9-19-10-1-4-13(5-2-10)24(22,23)20-11-3-6-14(17)15(18)7-11/h1-7,12,19-21H,8-9H2. The normalized spacial score (nSPS) is 12.7. The summed E-state index contributed by atoms with van der Waals surface area (Å²) in [6, 6.07) is 10.6. The number of rotatable bonds is 7. The molecule has 0 heterocycles. The molecule has 0 aromatic heterocycles. The summed E-state index contributed by atoms with van der Waals surface area (Å²) in [6.45, 7) is 0.275. The third kappa shape index (κ3) is 5.16. The van der Waals surface area contributed by atoms with Gasteiger partial charge in [0.15, 0.2) is 0 Å². The number of aliphatic hydroxyl groups is 1. The van der Waals surface area contributed by atoms with E-state index in [0.29, 0.717) is 16.4 Å². The average Bonchev–Trinajstić information content (AvgIpc) is 2.56. The van der Waals surface area contributed by atoms with Crippen LogP contribution in [-0.2, 0) is 10.0 Å². The number of nitrogens with one attached hydrogen (secondary N) is 2. The van der Waals surface area contributed by atoms with Crippen molar-refractivity contribution in [3.63, 3.8) is 0 Å². The highest BCUT2D eigenvalue weighted by molar-refractivity contribution is 7.92. The second-order valence-electron chi connectivity index (χ2n) is 4.95. The fraction of sp³-hybridized carbons (Fsp3) is 0.200. The first-order chi connectivity index (χ1) is 11.3. The molecule has 0 saturated carbocycles. The van der Waals surface area contributed by atoms with Crippen molar-refractivity contribution in [2.75, 3.05) is 22.5 Å². The molecular formula is C15H15Cl3N2O3S. The van der Waals surface area contributed by atoms with Gasteiger partial charge in [0.2, 0.25) is 0 Å². The Morgan fingerprint density at radius 2 is 1.62 bits per heavy atom. The van der Waals surface area contributed by atoms with Gasteiger partial charge in [0.1, 0.15) is 0 Å². The first-order valence-electron chi connectivity index (χ1n) is 6.87. The number of anilines is 2. The van der Waals surface area contributed by atoms with Crippen LogP contribution < -0.4 is 10.0 Å². The fourth-order valence-corrected chi connectivity index (χ4v) is 3.27. The van der Waals surface area contributed by atoms with Crippen LogP contribution in [0.3, 0.4) is 0 Å². The van der Waals surface area contributed by atoms with Crippen LogP contribution in [0.25, 0.3) is 0 Å².